The summed E-state index contributed by atoms with van der Waals surface area (Å²) < 4.78 is 5.15. The van der Waals surface area contributed by atoms with Crippen molar-refractivity contribution < 1.29 is 19.4 Å². The molecule has 0 amide bonds. The van der Waals surface area contributed by atoms with Crippen molar-refractivity contribution in [3.05, 3.63) is 11.6 Å². The lowest BCUT2D eigenvalue weighted by Gasteiger charge is -2.61. The lowest BCUT2D eigenvalue weighted by Crippen LogP contribution is -2.58. The molecule has 4 nitrogen and oxygen atoms in total. The number of allylic oxidation sites excluding steroid dienone is 1. The molecule has 0 spiro atoms. The van der Waals surface area contributed by atoms with Crippen molar-refractivity contribution >= 4 is 11.8 Å². The maximum atomic E-state index is 12.0. The highest BCUT2D eigenvalue weighted by Crippen LogP contribution is 2.67. The number of ether oxygens (including phenoxy) is 1. The summed E-state index contributed by atoms with van der Waals surface area (Å²) in [6.07, 6.45) is 9.48. The van der Waals surface area contributed by atoms with Gasteiger partial charge in [-0.2, -0.15) is 0 Å². The number of carbonyl (C=O) groups is 2. The summed E-state index contributed by atoms with van der Waals surface area (Å²) >= 11 is 0. The Morgan fingerprint density at radius 1 is 1.26 bits per heavy atom. The number of aliphatic hydroxyl groups is 1. The van der Waals surface area contributed by atoms with Gasteiger partial charge in [-0.15, -0.1) is 0 Å². The van der Waals surface area contributed by atoms with Gasteiger partial charge in [-0.3, -0.25) is 9.59 Å². The zero-order chi connectivity index (χ0) is 19.4. The Kier molecular flexibility index (Phi) is 4.77. The molecule has 4 rings (SSSR count). The molecule has 4 fully saturated rings. The first-order valence-electron chi connectivity index (χ1n) is 10.8. The van der Waals surface area contributed by atoms with Crippen LogP contribution >= 0.6 is 0 Å². The number of aliphatic hydroxyl groups excluding tert-OH is 1. The number of fused-ring (bicyclic) bond motifs is 5. The quantitative estimate of drug-likeness (QED) is 0.585. The van der Waals surface area contributed by atoms with E-state index < -0.39 is 0 Å². The van der Waals surface area contributed by atoms with Gasteiger partial charge in [0.15, 0.2) is 0 Å². The van der Waals surface area contributed by atoms with E-state index in [0.29, 0.717) is 42.5 Å². The van der Waals surface area contributed by atoms with Crippen LogP contribution in [0, 0.1) is 34.5 Å². The Morgan fingerprint density at radius 2 is 2.04 bits per heavy atom. The molecule has 0 aromatic heterocycles. The third-order valence-electron chi connectivity index (χ3n) is 8.88. The van der Waals surface area contributed by atoms with Gasteiger partial charge in [0.1, 0.15) is 12.4 Å². The van der Waals surface area contributed by atoms with E-state index in [4.69, 9.17) is 4.74 Å². The van der Waals surface area contributed by atoms with E-state index >= 15 is 0 Å². The molecule has 4 aliphatic carbocycles. The number of esters is 1. The molecule has 27 heavy (non-hydrogen) atoms. The predicted molar refractivity (Wildman–Crippen MR) is 103 cm³/mol. The van der Waals surface area contributed by atoms with E-state index in [1.807, 2.05) is 0 Å². The normalized spacial score (nSPS) is 47.9. The molecule has 4 saturated carbocycles. The second kappa shape index (κ2) is 6.72. The smallest absolute Gasteiger partial charge is 0.302 e. The van der Waals surface area contributed by atoms with Gasteiger partial charge in [0.05, 0.1) is 6.10 Å². The van der Waals surface area contributed by atoms with Crippen LogP contribution in [0.25, 0.3) is 0 Å². The lowest BCUT2D eigenvalue weighted by atomic mass is 9.44. The topological polar surface area (TPSA) is 63.6 Å². The molecule has 4 heteroatoms. The number of hydrogen-bond acceptors (Lipinski definition) is 4. The minimum absolute atomic E-state index is 0.0222. The number of hydrogen-bond donors (Lipinski definition) is 1. The van der Waals surface area contributed by atoms with Gasteiger partial charge in [0.25, 0.3) is 0 Å². The lowest BCUT2D eigenvalue weighted by molar-refractivity contribution is -0.163. The predicted octanol–water partition coefficient (Wildman–Crippen LogP) is 4.06. The first-order valence-corrected chi connectivity index (χ1v) is 10.8. The van der Waals surface area contributed by atoms with E-state index in [9.17, 15) is 14.7 Å². The van der Waals surface area contributed by atoms with Crippen LogP contribution in [-0.4, -0.2) is 29.6 Å². The molecule has 0 heterocycles. The molecule has 4 aliphatic rings. The molecule has 0 aromatic rings. The molecule has 0 aliphatic heterocycles. The monoisotopic (exact) mass is 374 g/mol. The van der Waals surface area contributed by atoms with Gasteiger partial charge in [-0.25, -0.2) is 0 Å². The van der Waals surface area contributed by atoms with E-state index in [-0.39, 0.29) is 22.9 Å². The summed E-state index contributed by atoms with van der Waals surface area (Å²) in [6.45, 7) is 6.47. The van der Waals surface area contributed by atoms with Crippen LogP contribution in [0.15, 0.2) is 11.6 Å². The highest BCUT2D eigenvalue weighted by Gasteiger charge is 2.61. The van der Waals surface area contributed by atoms with Crippen molar-refractivity contribution in [1.82, 2.24) is 0 Å². The van der Waals surface area contributed by atoms with Gasteiger partial charge in [-0.1, -0.05) is 19.4 Å². The Hall–Kier alpha value is -1.16. The van der Waals surface area contributed by atoms with Crippen LogP contribution < -0.4 is 0 Å². The maximum Gasteiger partial charge on any atom is 0.302 e. The number of carbonyl (C=O) groups excluding carboxylic acids is 2. The largest absolute Gasteiger partial charge is 0.462 e. The summed E-state index contributed by atoms with van der Waals surface area (Å²) in [5.74, 6) is 2.11. The van der Waals surface area contributed by atoms with Crippen LogP contribution in [0.5, 0.6) is 0 Å². The minimum atomic E-state index is -0.299. The summed E-state index contributed by atoms with van der Waals surface area (Å²) in [5.41, 5.74) is 1.51. The molecule has 0 bridgehead atoms. The van der Waals surface area contributed by atoms with Gasteiger partial charge in [0, 0.05) is 19.8 Å². The van der Waals surface area contributed by atoms with Crippen molar-refractivity contribution in [3.63, 3.8) is 0 Å². The Morgan fingerprint density at radius 3 is 2.78 bits per heavy atom. The number of Topliss-reactive ketones (excluding diaryl/α,β-unsaturated/α-hetero) is 1. The van der Waals surface area contributed by atoms with Crippen molar-refractivity contribution in [2.75, 3.05) is 6.61 Å². The molecular weight excluding hydrogens is 340 g/mol. The number of ketones is 1. The van der Waals surface area contributed by atoms with E-state index in [1.54, 1.807) is 0 Å². The Bertz CT molecular complexity index is 667. The van der Waals surface area contributed by atoms with E-state index in [2.05, 4.69) is 19.9 Å². The minimum Gasteiger partial charge on any atom is -0.462 e. The second-order valence-electron chi connectivity index (χ2n) is 10.1. The van der Waals surface area contributed by atoms with E-state index in [0.717, 1.165) is 38.5 Å². The van der Waals surface area contributed by atoms with Gasteiger partial charge < -0.3 is 9.84 Å². The molecule has 150 valence electrons. The van der Waals surface area contributed by atoms with E-state index in [1.165, 1.54) is 18.9 Å². The van der Waals surface area contributed by atoms with Crippen molar-refractivity contribution in [3.8, 4) is 0 Å². The van der Waals surface area contributed by atoms with Gasteiger partial charge >= 0.3 is 5.97 Å². The number of rotatable bonds is 2. The van der Waals surface area contributed by atoms with Crippen LogP contribution in [0.4, 0.5) is 0 Å². The van der Waals surface area contributed by atoms with Gasteiger partial charge in [-0.05, 0) is 79.1 Å². The third kappa shape index (κ3) is 2.99. The van der Waals surface area contributed by atoms with Crippen LogP contribution in [-0.2, 0) is 14.3 Å². The zero-order valence-corrected chi connectivity index (χ0v) is 17.0. The van der Waals surface area contributed by atoms with Crippen LogP contribution in [0.1, 0.15) is 72.1 Å². The highest BCUT2D eigenvalue weighted by molar-refractivity contribution is 5.79. The molecule has 0 aromatic carbocycles. The fourth-order valence-electron chi connectivity index (χ4n) is 7.61. The van der Waals surface area contributed by atoms with Crippen molar-refractivity contribution in [1.29, 1.82) is 0 Å². The highest BCUT2D eigenvalue weighted by atomic mass is 16.5. The van der Waals surface area contributed by atoms with Crippen LogP contribution in [0.2, 0.25) is 0 Å². The fraction of sp³-hybridized carbons (Fsp3) is 0.826. The average molecular weight is 375 g/mol. The van der Waals surface area contributed by atoms with Gasteiger partial charge in [0.2, 0.25) is 0 Å². The van der Waals surface area contributed by atoms with Crippen molar-refractivity contribution in [2.24, 2.45) is 34.5 Å². The summed E-state index contributed by atoms with van der Waals surface area (Å²) in [6, 6.07) is 0. The molecule has 0 unspecified atom stereocenters. The average Bonchev–Trinajstić information content (AvgIpc) is 2.91. The molecular formula is C23H34O4. The standard InChI is InChI=1S/C23H34O4/c1-14(24)27-11-9-15-5-7-19-18-6-4-16-12-17(25)8-10-22(16,2)21(18)20(26)13-23(15,19)3/h9,16,18-21,26H,4-8,10-13H2,1-3H3/b15-9+/t16-,18-,19-,20-,21+,22-,23+/m0/s1. The Balaban J connectivity index is 1.59. The molecule has 0 saturated heterocycles. The first-order chi connectivity index (χ1) is 12.8. The third-order valence-corrected chi connectivity index (χ3v) is 8.88. The van der Waals surface area contributed by atoms with Crippen LogP contribution in [0.3, 0.4) is 0 Å². The molecule has 0 radical (unpaired) electrons. The summed E-state index contributed by atoms with van der Waals surface area (Å²) in [5, 5.41) is 11.3. The first kappa shape index (κ1) is 19.2. The fourth-order valence-corrected chi connectivity index (χ4v) is 7.61. The maximum absolute atomic E-state index is 12.0. The molecule has 7 atom stereocenters. The summed E-state index contributed by atoms with van der Waals surface area (Å²) in [7, 11) is 0. The SMILES string of the molecule is CC(=O)OC/C=C1\CC[C@H]2[C@@H]3CC[C@H]4CC(=O)CC[C@]4(C)[C@H]3[C@@H](O)C[C@]12C. The zero-order valence-electron chi connectivity index (χ0n) is 17.0. The summed E-state index contributed by atoms with van der Waals surface area (Å²) in [4.78, 5) is 23.1. The molecule has 1 N–H and O–H groups in total. The Labute approximate surface area is 162 Å². The van der Waals surface area contributed by atoms with Crippen molar-refractivity contribution in [2.45, 2.75) is 78.2 Å². The second-order valence-corrected chi connectivity index (χ2v) is 10.1.